The molecule has 2 heterocycles. The molecule has 1 unspecified atom stereocenters. The van der Waals surface area contributed by atoms with Crippen LogP contribution in [-0.4, -0.2) is 33.8 Å². The Morgan fingerprint density at radius 3 is 3.00 bits per heavy atom. The van der Waals surface area contributed by atoms with Gasteiger partial charge in [-0.05, 0) is 19.3 Å². The second-order valence-electron chi connectivity index (χ2n) is 4.08. The van der Waals surface area contributed by atoms with Crippen LogP contribution in [0.1, 0.15) is 35.4 Å². The predicted octanol–water partition coefficient (Wildman–Crippen LogP) is 0.869. The summed E-state index contributed by atoms with van der Waals surface area (Å²) in [6.07, 6.45) is 5.20. The third kappa shape index (κ3) is 2.91. The quantitative estimate of drug-likeness (QED) is 0.809. The van der Waals surface area contributed by atoms with Crippen molar-refractivity contribution in [3.05, 3.63) is 17.6 Å². The summed E-state index contributed by atoms with van der Waals surface area (Å²) >= 11 is 0. The molecule has 0 spiro atoms. The number of anilines is 1. The fraction of sp³-hybridized carbons (Fsp3) is 0.545. The van der Waals surface area contributed by atoms with E-state index >= 15 is 0 Å². The Balaban J connectivity index is 2.06. The molecular formula is C11H15N3O3. The Labute approximate surface area is 98.8 Å². The lowest BCUT2D eigenvalue weighted by atomic mass is 10.1. The SMILES string of the molecule is Nc1nc(CC2CCCCO2)ncc1C(=O)O. The van der Waals surface area contributed by atoms with Crippen LogP contribution in [0.3, 0.4) is 0 Å². The van der Waals surface area contributed by atoms with Gasteiger partial charge in [0.05, 0.1) is 6.10 Å². The van der Waals surface area contributed by atoms with Crippen LogP contribution in [0.5, 0.6) is 0 Å². The van der Waals surface area contributed by atoms with Gasteiger partial charge in [-0.2, -0.15) is 0 Å². The molecule has 1 aromatic heterocycles. The molecular weight excluding hydrogens is 222 g/mol. The Kier molecular flexibility index (Phi) is 3.53. The largest absolute Gasteiger partial charge is 0.477 e. The van der Waals surface area contributed by atoms with Gasteiger partial charge < -0.3 is 15.6 Å². The zero-order valence-electron chi connectivity index (χ0n) is 9.43. The number of ether oxygens (including phenoxy) is 1. The number of rotatable bonds is 3. The molecule has 0 radical (unpaired) electrons. The number of aromatic nitrogens is 2. The van der Waals surface area contributed by atoms with Crippen molar-refractivity contribution in [1.82, 2.24) is 9.97 Å². The zero-order valence-corrected chi connectivity index (χ0v) is 9.43. The van der Waals surface area contributed by atoms with Gasteiger partial charge in [-0.15, -0.1) is 0 Å². The number of carbonyl (C=O) groups is 1. The van der Waals surface area contributed by atoms with E-state index in [2.05, 4.69) is 9.97 Å². The molecule has 0 bridgehead atoms. The van der Waals surface area contributed by atoms with Gasteiger partial charge in [0.15, 0.2) is 0 Å². The molecule has 92 valence electrons. The minimum absolute atomic E-state index is 0.0123. The molecule has 2 rings (SSSR count). The number of nitrogens with zero attached hydrogens (tertiary/aromatic N) is 2. The number of hydrogen-bond donors (Lipinski definition) is 2. The molecule has 1 aliphatic rings. The van der Waals surface area contributed by atoms with Crippen molar-refractivity contribution in [3.63, 3.8) is 0 Å². The van der Waals surface area contributed by atoms with Crippen LogP contribution in [0.4, 0.5) is 5.82 Å². The van der Waals surface area contributed by atoms with E-state index in [9.17, 15) is 4.79 Å². The summed E-state index contributed by atoms with van der Waals surface area (Å²) in [5.41, 5.74) is 5.50. The normalized spacial score (nSPS) is 20.1. The third-order valence-corrected chi connectivity index (χ3v) is 2.78. The molecule has 3 N–H and O–H groups in total. The van der Waals surface area contributed by atoms with E-state index in [4.69, 9.17) is 15.6 Å². The summed E-state index contributed by atoms with van der Waals surface area (Å²) in [4.78, 5) is 18.7. The number of nitrogens with two attached hydrogens (primary N) is 1. The van der Waals surface area contributed by atoms with E-state index < -0.39 is 5.97 Å². The lowest BCUT2D eigenvalue weighted by molar-refractivity contribution is 0.0156. The van der Waals surface area contributed by atoms with Gasteiger partial charge >= 0.3 is 5.97 Å². The van der Waals surface area contributed by atoms with Crippen molar-refractivity contribution in [2.24, 2.45) is 0 Å². The first-order valence-electron chi connectivity index (χ1n) is 5.63. The number of hydrogen-bond acceptors (Lipinski definition) is 5. The Morgan fingerprint density at radius 2 is 2.41 bits per heavy atom. The monoisotopic (exact) mass is 237 g/mol. The van der Waals surface area contributed by atoms with Gasteiger partial charge in [-0.25, -0.2) is 14.8 Å². The molecule has 1 saturated heterocycles. The molecule has 1 aromatic rings. The van der Waals surface area contributed by atoms with Gasteiger partial charge in [0.1, 0.15) is 17.2 Å². The molecule has 0 aliphatic carbocycles. The first-order valence-corrected chi connectivity index (χ1v) is 5.63. The highest BCUT2D eigenvalue weighted by Crippen LogP contribution is 2.16. The molecule has 17 heavy (non-hydrogen) atoms. The topological polar surface area (TPSA) is 98.3 Å². The van der Waals surface area contributed by atoms with E-state index in [1.165, 1.54) is 6.20 Å². The second-order valence-corrected chi connectivity index (χ2v) is 4.08. The van der Waals surface area contributed by atoms with Crippen molar-refractivity contribution >= 4 is 11.8 Å². The van der Waals surface area contributed by atoms with Crippen LogP contribution < -0.4 is 5.73 Å². The average molecular weight is 237 g/mol. The number of aromatic carboxylic acids is 1. The van der Waals surface area contributed by atoms with Crippen molar-refractivity contribution in [2.75, 3.05) is 12.3 Å². The van der Waals surface area contributed by atoms with Gasteiger partial charge in [0.2, 0.25) is 0 Å². The van der Waals surface area contributed by atoms with Crippen molar-refractivity contribution in [2.45, 2.75) is 31.8 Å². The van der Waals surface area contributed by atoms with Crippen LogP contribution in [0.25, 0.3) is 0 Å². The Hall–Kier alpha value is -1.69. The van der Waals surface area contributed by atoms with E-state index in [0.717, 1.165) is 25.9 Å². The van der Waals surface area contributed by atoms with Gasteiger partial charge in [-0.3, -0.25) is 0 Å². The highest BCUT2D eigenvalue weighted by Gasteiger charge is 2.17. The number of nitrogen functional groups attached to an aromatic ring is 1. The molecule has 1 aliphatic heterocycles. The molecule has 6 nitrogen and oxygen atoms in total. The summed E-state index contributed by atoms with van der Waals surface area (Å²) < 4.78 is 5.56. The minimum Gasteiger partial charge on any atom is -0.477 e. The maximum Gasteiger partial charge on any atom is 0.341 e. The maximum atomic E-state index is 10.7. The predicted molar refractivity (Wildman–Crippen MR) is 60.7 cm³/mol. The Morgan fingerprint density at radius 1 is 1.59 bits per heavy atom. The summed E-state index contributed by atoms with van der Waals surface area (Å²) in [5, 5.41) is 8.79. The van der Waals surface area contributed by atoms with E-state index in [1.807, 2.05) is 0 Å². The van der Waals surface area contributed by atoms with Crippen LogP contribution in [0, 0.1) is 0 Å². The van der Waals surface area contributed by atoms with Crippen molar-refractivity contribution in [3.8, 4) is 0 Å². The minimum atomic E-state index is -1.11. The molecule has 0 saturated carbocycles. The van der Waals surface area contributed by atoms with Crippen LogP contribution in [-0.2, 0) is 11.2 Å². The lowest BCUT2D eigenvalue weighted by Gasteiger charge is -2.21. The van der Waals surface area contributed by atoms with E-state index in [0.29, 0.717) is 12.2 Å². The molecule has 0 amide bonds. The third-order valence-electron chi connectivity index (χ3n) is 2.78. The highest BCUT2D eigenvalue weighted by atomic mass is 16.5. The zero-order chi connectivity index (χ0) is 12.3. The van der Waals surface area contributed by atoms with Crippen LogP contribution in [0.2, 0.25) is 0 Å². The fourth-order valence-electron chi connectivity index (χ4n) is 1.87. The summed E-state index contributed by atoms with van der Waals surface area (Å²) in [6, 6.07) is 0. The standard InChI is InChI=1S/C11H15N3O3/c12-10-8(11(15)16)6-13-9(14-10)5-7-3-1-2-4-17-7/h6-7H,1-5H2,(H,15,16)(H2,12,13,14). The second kappa shape index (κ2) is 5.09. The maximum absolute atomic E-state index is 10.7. The van der Waals surface area contributed by atoms with E-state index in [1.54, 1.807) is 0 Å². The smallest absolute Gasteiger partial charge is 0.341 e. The van der Waals surface area contributed by atoms with E-state index in [-0.39, 0.29) is 17.5 Å². The average Bonchev–Trinajstić information content (AvgIpc) is 2.30. The molecule has 1 atom stereocenters. The molecule has 0 aromatic carbocycles. The molecule has 6 heteroatoms. The van der Waals surface area contributed by atoms with Gasteiger partial charge in [0, 0.05) is 19.2 Å². The lowest BCUT2D eigenvalue weighted by Crippen LogP contribution is -2.23. The first-order chi connectivity index (χ1) is 8.16. The molecule has 1 fully saturated rings. The summed E-state index contributed by atoms with van der Waals surface area (Å²) in [5.74, 6) is -0.555. The van der Waals surface area contributed by atoms with Crippen molar-refractivity contribution in [1.29, 1.82) is 0 Å². The van der Waals surface area contributed by atoms with Crippen LogP contribution >= 0.6 is 0 Å². The fourth-order valence-corrected chi connectivity index (χ4v) is 1.87. The highest BCUT2D eigenvalue weighted by molar-refractivity contribution is 5.92. The first kappa shape index (κ1) is 11.8. The van der Waals surface area contributed by atoms with Crippen LogP contribution in [0.15, 0.2) is 6.20 Å². The number of carboxylic acid groups (broad SMARTS) is 1. The van der Waals surface area contributed by atoms with Gasteiger partial charge in [0.25, 0.3) is 0 Å². The number of carboxylic acids is 1. The summed E-state index contributed by atoms with van der Waals surface area (Å²) in [6.45, 7) is 0.771. The van der Waals surface area contributed by atoms with Gasteiger partial charge in [-0.1, -0.05) is 0 Å². The van der Waals surface area contributed by atoms with Crippen molar-refractivity contribution < 1.29 is 14.6 Å². The Bertz CT molecular complexity index is 416. The summed E-state index contributed by atoms with van der Waals surface area (Å²) in [7, 11) is 0.